The molecule has 9 heteroatoms. The lowest BCUT2D eigenvalue weighted by Crippen LogP contribution is -2.12. The number of benzene rings is 1. The van der Waals surface area contributed by atoms with E-state index in [9.17, 15) is 14.9 Å². The second-order valence-corrected chi connectivity index (χ2v) is 5.04. The number of rotatable bonds is 7. The van der Waals surface area contributed by atoms with E-state index in [4.69, 9.17) is 17.3 Å². The van der Waals surface area contributed by atoms with E-state index in [2.05, 4.69) is 21.2 Å². The van der Waals surface area contributed by atoms with E-state index in [1.54, 1.807) is 12.1 Å². The molecule has 1 aromatic carbocycles. The quantitative estimate of drug-likeness (QED) is 0.390. The van der Waals surface area contributed by atoms with Crippen molar-refractivity contribution in [2.45, 2.75) is 12.8 Å². The lowest BCUT2D eigenvalue weighted by Gasteiger charge is -2.08. The number of nitrogens with zero attached hydrogens (tertiary/aromatic N) is 3. The summed E-state index contributed by atoms with van der Waals surface area (Å²) in [5.74, 6) is 1.22. The molecule has 4 N–H and O–H groups in total. The van der Waals surface area contributed by atoms with Crippen LogP contribution in [0.15, 0.2) is 24.3 Å². The molecule has 0 amide bonds. The molecule has 0 radical (unpaired) electrons. The Labute approximate surface area is 143 Å². The molecule has 0 aliphatic carbocycles. The molecular formula is C16H15N5O4. The zero-order chi connectivity index (χ0) is 18.4. The van der Waals surface area contributed by atoms with Crippen LogP contribution in [0.5, 0.6) is 0 Å². The summed E-state index contributed by atoms with van der Waals surface area (Å²) in [7, 11) is 0. The lowest BCUT2D eigenvalue weighted by atomic mass is 10.1. The van der Waals surface area contributed by atoms with Crippen LogP contribution in [-0.2, 0) is 12.8 Å². The van der Waals surface area contributed by atoms with Gasteiger partial charge in [0.25, 0.3) is 0 Å². The summed E-state index contributed by atoms with van der Waals surface area (Å²) in [6.07, 6.45) is 5.74. The summed E-state index contributed by atoms with van der Waals surface area (Å²) >= 11 is 0. The van der Waals surface area contributed by atoms with Gasteiger partial charge >= 0.3 is 11.7 Å². The number of terminal acetylenes is 1. The minimum atomic E-state index is -0.986. The van der Waals surface area contributed by atoms with Crippen molar-refractivity contribution in [1.29, 1.82) is 0 Å². The summed E-state index contributed by atoms with van der Waals surface area (Å²) in [6.45, 7) is 0.430. The van der Waals surface area contributed by atoms with Gasteiger partial charge in [-0.25, -0.2) is 9.78 Å². The Morgan fingerprint density at radius 1 is 1.36 bits per heavy atom. The molecule has 0 aliphatic rings. The smallest absolute Gasteiger partial charge is 0.335 e. The van der Waals surface area contributed by atoms with E-state index in [0.717, 1.165) is 5.56 Å². The number of hydrogen-bond donors (Lipinski definition) is 3. The molecule has 0 fully saturated rings. The third-order valence-corrected chi connectivity index (χ3v) is 3.33. The van der Waals surface area contributed by atoms with Gasteiger partial charge in [0.1, 0.15) is 5.69 Å². The molecule has 0 atom stereocenters. The number of carboxylic acids is 1. The van der Waals surface area contributed by atoms with Crippen LogP contribution in [0.2, 0.25) is 0 Å². The Morgan fingerprint density at radius 2 is 2.04 bits per heavy atom. The molecule has 0 spiro atoms. The monoisotopic (exact) mass is 341 g/mol. The van der Waals surface area contributed by atoms with Crippen LogP contribution in [0, 0.1) is 22.5 Å². The van der Waals surface area contributed by atoms with Crippen molar-refractivity contribution < 1.29 is 14.8 Å². The third kappa shape index (κ3) is 4.42. The Kier molecular flexibility index (Phi) is 5.47. The number of nitro groups is 1. The van der Waals surface area contributed by atoms with E-state index in [-0.39, 0.29) is 35.1 Å². The Bertz CT molecular complexity index is 843. The third-order valence-electron chi connectivity index (χ3n) is 3.33. The summed E-state index contributed by atoms with van der Waals surface area (Å²) in [5, 5.41) is 22.8. The highest BCUT2D eigenvalue weighted by Gasteiger charge is 2.22. The van der Waals surface area contributed by atoms with Gasteiger partial charge in [-0.05, 0) is 24.1 Å². The van der Waals surface area contributed by atoms with Crippen molar-refractivity contribution in [3.8, 4) is 12.3 Å². The van der Waals surface area contributed by atoms with E-state index in [1.165, 1.54) is 12.1 Å². The standard InChI is InChI=1S/C16H15N5O4/c1-2-3-12-13(21(24)25)14(17)20-16(19-12)18-9-8-10-4-6-11(7-5-10)15(22)23/h1,4-7H,3,8-9H2,(H,22,23)(H3,17,18,19,20). The number of carbonyl (C=O) groups is 1. The van der Waals surface area contributed by atoms with Crippen LogP contribution in [-0.4, -0.2) is 32.5 Å². The predicted molar refractivity (Wildman–Crippen MR) is 91.2 cm³/mol. The molecule has 0 aliphatic heterocycles. The maximum atomic E-state index is 11.0. The topological polar surface area (TPSA) is 144 Å². The minimum Gasteiger partial charge on any atom is -0.478 e. The molecular weight excluding hydrogens is 326 g/mol. The second-order valence-electron chi connectivity index (χ2n) is 5.04. The fourth-order valence-corrected chi connectivity index (χ4v) is 2.15. The SMILES string of the molecule is C#CCc1nc(NCCc2ccc(C(=O)O)cc2)nc(N)c1[N+](=O)[O-]. The molecule has 1 heterocycles. The highest BCUT2D eigenvalue weighted by molar-refractivity contribution is 5.87. The van der Waals surface area contributed by atoms with Crippen LogP contribution >= 0.6 is 0 Å². The number of hydrogen-bond acceptors (Lipinski definition) is 7. The van der Waals surface area contributed by atoms with Gasteiger partial charge in [0.2, 0.25) is 11.8 Å². The first-order chi connectivity index (χ1) is 11.9. The molecule has 128 valence electrons. The second kappa shape index (κ2) is 7.74. The molecule has 2 aromatic rings. The number of nitrogens with two attached hydrogens (primary N) is 1. The highest BCUT2D eigenvalue weighted by Crippen LogP contribution is 2.24. The van der Waals surface area contributed by atoms with Gasteiger partial charge in [-0.1, -0.05) is 12.1 Å². The summed E-state index contributed by atoms with van der Waals surface area (Å²) in [4.78, 5) is 29.1. The van der Waals surface area contributed by atoms with Crippen molar-refractivity contribution in [1.82, 2.24) is 9.97 Å². The van der Waals surface area contributed by atoms with E-state index < -0.39 is 10.9 Å². The Morgan fingerprint density at radius 3 is 2.60 bits per heavy atom. The molecule has 0 saturated heterocycles. The van der Waals surface area contributed by atoms with Crippen LogP contribution < -0.4 is 11.1 Å². The Balaban J connectivity index is 2.06. The molecule has 1 aromatic heterocycles. The fraction of sp³-hybridized carbons (Fsp3) is 0.188. The van der Waals surface area contributed by atoms with Gasteiger partial charge in [-0.2, -0.15) is 4.98 Å². The van der Waals surface area contributed by atoms with Crippen LogP contribution in [0.1, 0.15) is 21.6 Å². The zero-order valence-electron chi connectivity index (χ0n) is 13.1. The molecule has 0 bridgehead atoms. The highest BCUT2D eigenvalue weighted by atomic mass is 16.6. The number of nitrogens with one attached hydrogen (secondary N) is 1. The van der Waals surface area contributed by atoms with Crippen molar-refractivity contribution >= 4 is 23.4 Å². The number of aromatic nitrogens is 2. The van der Waals surface area contributed by atoms with Gasteiger partial charge in [0.15, 0.2) is 0 Å². The Hall–Kier alpha value is -3.67. The predicted octanol–water partition coefficient (Wildman–Crippen LogP) is 1.50. The van der Waals surface area contributed by atoms with Gasteiger partial charge in [0.05, 0.1) is 16.9 Å². The molecule has 9 nitrogen and oxygen atoms in total. The average Bonchev–Trinajstić information content (AvgIpc) is 2.55. The van der Waals surface area contributed by atoms with Crippen LogP contribution in [0.25, 0.3) is 0 Å². The van der Waals surface area contributed by atoms with Crippen molar-refractivity contribution in [3.63, 3.8) is 0 Å². The summed E-state index contributed by atoms with van der Waals surface area (Å²) < 4.78 is 0. The number of anilines is 2. The molecule has 0 unspecified atom stereocenters. The maximum Gasteiger partial charge on any atom is 0.335 e. The van der Waals surface area contributed by atoms with Crippen LogP contribution in [0.3, 0.4) is 0 Å². The van der Waals surface area contributed by atoms with Crippen molar-refractivity contribution in [2.24, 2.45) is 0 Å². The molecule has 25 heavy (non-hydrogen) atoms. The normalized spacial score (nSPS) is 10.0. The zero-order valence-corrected chi connectivity index (χ0v) is 13.1. The molecule has 0 saturated carbocycles. The fourth-order valence-electron chi connectivity index (χ4n) is 2.15. The van der Waals surface area contributed by atoms with E-state index in [1.807, 2.05) is 0 Å². The first-order valence-corrected chi connectivity index (χ1v) is 7.22. The van der Waals surface area contributed by atoms with Gasteiger partial charge in [-0.3, -0.25) is 10.1 Å². The van der Waals surface area contributed by atoms with Crippen molar-refractivity contribution in [2.75, 3.05) is 17.6 Å². The number of nitrogen functional groups attached to an aromatic ring is 1. The van der Waals surface area contributed by atoms with Crippen LogP contribution in [0.4, 0.5) is 17.5 Å². The minimum absolute atomic E-state index is 0.0334. The van der Waals surface area contributed by atoms with Crippen molar-refractivity contribution in [3.05, 3.63) is 51.2 Å². The number of carboxylic acid groups (broad SMARTS) is 1. The van der Waals surface area contributed by atoms with Gasteiger partial charge in [-0.15, -0.1) is 12.3 Å². The largest absolute Gasteiger partial charge is 0.478 e. The van der Waals surface area contributed by atoms with E-state index in [0.29, 0.717) is 13.0 Å². The molecule has 2 rings (SSSR count). The summed E-state index contributed by atoms with van der Waals surface area (Å²) in [5.41, 5.74) is 6.44. The first-order valence-electron chi connectivity index (χ1n) is 7.22. The lowest BCUT2D eigenvalue weighted by molar-refractivity contribution is -0.385. The number of aromatic carboxylic acids is 1. The first kappa shape index (κ1) is 17.7. The summed E-state index contributed by atoms with van der Waals surface area (Å²) in [6, 6.07) is 6.45. The maximum absolute atomic E-state index is 11.0. The van der Waals surface area contributed by atoms with E-state index >= 15 is 0 Å². The van der Waals surface area contributed by atoms with Gasteiger partial charge in [0, 0.05) is 6.54 Å². The van der Waals surface area contributed by atoms with Gasteiger partial charge < -0.3 is 16.2 Å². The average molecular weight is 341 g/mol.